The van der Waals surface area contributed by atoms with Gasteiger partial charge in [-0.25, -0.2) is 0 Å². The van der Waals surface area contributed by atoms with Crippen LogP contribution in [0.25, 0.3) is 0 Å². The van der Waals surface area contributed by atoms with Crippen LogP contribution in [-0.4, -0.2) is 37.7 Å². The van der Waals surface area contributed by atoms with Crippen molar-refractivity contribution in [1.29, 1.82) is 0 Å². The Labute approximate surface area is 65.3 Å². The number of amides is 1. The number of nitrogens with one attached hydrogen (secondary N) is 2. The Balaban J connectivity index is 1.96. The summed E-state index contributed by atoms with van der Waals surface area (Å²) in [6.45, 7) is 3.14. The maximum atomic E-state index is 10.7. The summed E-state index contributed by atoms with van der Waals surface area (Å²) in [6, 6.07) is 0. The first-order chi connectivity index (χ1) is 5.31. The quantitative estimate of drug-likeness (QED) is 0.436. The summed E-state index contributed by atoms with van der Waals surface area (Å²) in [5.41, 5.74) is -0.0758. The normalized spacial score (nSPS) is 37.6. The Morgan fingerprint density at radius 3 is 3.09 bits per heavy atom. The maximum Gasteiger partial charge on any atom is 0.223 e. The van der Waals surface area contributed by atoms with Crippen LogP contribution in [0, 0.1) is 0 Å². The zero-order valence-corrected chi connectivity index (χ0v) is 6.35. The van der Waals surface area contributed by atoms with Gasteiger partial charge in [-0.05, 0) is 0 Å². The van der Waals surface area contributed by atoms with E-state index in [0.717, 1.165) is 19.7 Å². The molecule has 1 atom stereocenters. The molecule has 2 heterocycles. The van der Waals surface area contributed by atoms with Gasteiger partial charge in [0.15, 0.2) is 0 Å². The van der Waals surface area contributed by atoms with E-state index in [0.29, 0.717) is 13.0 Å². The van der Waals surface area contributed by atoms with Crippen LogP contribution in [0.1, 0.15) is 6.42 Å². The largest absolute Gasteiger partial charge is 0.378 e. The van der Waals surface area contributed by atoms with Crippen LogP contribution in [0.2, 0.25) is 0 Å². The van der Waals surface area contributed by atoms with Gasteiger partial charge in [-0.3, -0.25) is 4.79 Å². The van der Waals surface area contributed by atoms with Gasteiger partial charge in [-0.1, -0.05) is 0 Å². The molecule has 2 aliphatic rings. The molecule has 0 aromatic rings. The van der Waals surface area contributed by atoms with Crippen LogP contribution < -0.4 is 10.6 Å². The molecule has 2 fully saturated rings. The second-order valence-electron chi connectivity index (χ2n) is 3.23. The third-order valence-corrected chi connectivity index (χ3v) is 2.17. The highest BCUT2D eigenvalue weighted by molar-refractivity contribution is 5.84. The summed E-state index contributed by atoms with van der Waals surface area (Å²) in [7, 11) is 0. The molecule has 2 aliphatic heterocycles. The van der Waals surface area contributed by atoms with Crippen molar-refractivity contribution in [3.8, 4) is 0 Å². The molecule has 0 aliphatic carbocycles. The van der Waals surface area contributed by atoms with Gasteiger partial charge in [0.25, 0.3) is 0 Å². The van der Waals surface area contributed by atoms with Gasteiger partial charge >= 0.3 is 0 Å². The van der Waals surface area contributed by atoms with Crippen LogP contribution >= 0.6 is 0 Å². The van der Waals surface area contributed by atoms with E-state index in [1.807, 2.05) is 0 Å². The van der Waals surface area contributed by atoms with Crippen LogP contribution in [-0.2, 0) is 9.53 Å². The van der Waals surface area contributed by atoms with E-state index in [2.05, 4.69) is 10.6 Å². The van der Waals surface area contributed by atoms with Crippen molar-refractivity contribution in [3.05, 3.63) is 0 Å². The topological polar surface area (TPSA) is 50.4 Å². The number of hydrogen-bond acceptors (Lipinski definition) is 3. The van der Waals surface area contributed by atoms with Gasteiger partial charge < -0.3 is 15.4 Å². The number of β-lactam (4-membered cyclic amide) rings is 1. The van der Waals surface area contributed by atoms with E-state index in [4.69, 9.17) is 4.74 Å². The molecule has 62 valence electrons. The van der Waals surface area contributed by atoms with Gasteiger partial charge in [-0.15, -0.1) is 0 Å². The van der Waals surface area contributed by atoms with Crippen molar-refractivity contribution in [2.75, 3.05) is 26.3 Å². The van der Waals surface area contributed by atoms with E-state index in [-0.39, 0.29) is 11.4 Å². The van der Waals surface area contributed by atoms with Gasteiger partial charge in [0.1, 0.15) is 0 Å². The monoisotopic (exact) mass is 156 g/mol. The molecule has 0 aromatic heterocycles. The van der Waals surface area contributed by atoms with Crippen molar-refractivity contribution in [3.63, 3.8) is 0 Å². The molecular formula is C7H12N2O2. The Hall–Kier alpha value is -0.610. The first kappa shape index (κ1) is 7.06. The lowest BCUT2D eigenvalue weighted by molar-refractivity contribution is -0.134. The van der Waals surface area contributed by atoms with E-state index in [1.165, 1.54) is 0 Å². The standard InChI is InChI=1S/C7H12N2O2/c10-6-3-7(9-6)4-8-1-2-11-5-7/h8H,1-5H2,(H,9,10). The van der Waals surface area contributed by atoms with Gasteiger partial charge in [-0.2, -0.15) is 0 Å². The molecular weight excluding hydrogens is 144 g/mol. The summed E-state index contributed by atoms with van der Waals surface area (Å²) in [4.78, 5) is 10.7. The smallest absolute Gasteiger partial charge is 0.223 e. The van der Waals surface area contributed by atoms with Crippen molar-refractivity contribution in [2.45, 2.75) is 12.0 Å². The van der Waals surface area contributed by atoms with Crippen molar-refractivity contribution >= 4 is 5.91 Å². The number of hydrogen-bond donors (Lipinski definition) is 2. The van der Waals surface area contributed by atoms with Crippen molar-refractivity contribution in [2.24, 2.45) is 0 Å². The summed E-state index contributed by atoms with van der Waals surface area (Å²) < 4.78 is 5.32. The minimum atomic E-state index is -0.0758. The van der Waals surface area contributed by atoms with Crippen LogP contribution in [0.15, 0.2) is 0 Å². The fraction of sp³-hybridized carbons (Fsp3) is 0.857. The molecule has 0 aromatic carbocycles. The minimum Gasteiger partial charge on any atom is -0.378 e. The molecule has 11 heavy (non-hydrogen) atoms. The second-order valence-corrected chi connectivity index (χ2v) is 3.23. The molecule has 0 saturated carbocycles. The summed E-state index contributed by atoms with van der Waals surface area (Å²) in [5.74, 6) is 0.136. The maximum absolute atomic E-state index is 10.7. The fourth-order valence-electron chi connectivity index (χ4n) is 1.57. The molecule has 2 saturated heterocycles. The lowest BCUT2D eigenvalue weighted by atomic mass is 9.88. The molecule has 0 bridgehead atoms. The molecule has 2 rings (SSSR count). The van der Waals surface area contributed by atoms with Gasteiger partial charge in [0.2, 0.25) is 5.91 Å². The van der Waals surface area contributed by atoms with E-state index in [9.17, 15) is 4.79 Å². The highest BCUT2D eigenvalue weighted by atomic mass is 16.5. The molecule has 2 N–H and O–H groups in total. The molecule has 4 nitrogen and oxygen atoms in total. The van der Waals surface area contributed by atoms with Crippen LogP contribution in [0.5, 0.6) is 0 Å². The highest BCUT2D eigenvalue weighted by Gasteiger charge is 2.43. The third-order valence-electron chi connectivity index (χ3n) is 2.17. The average Bonchev–Trinajstić information content (AvgIpc) is 2.12. The SMILES string of the molecule is O=C1CC2(CNCCOC2)N1. The number of carbonyl (C=O) groups is 1. The molecule has 1 amide bonds. The zero-order valence-electron chi connectivity index (χ0n) is 6.35. The first-order valence-corrected chi connectivity index (χ1v) is 3.90. The van der Waals surface area contributed by atoms with Crippen molar-refractivity contribution in [1.82, 2.24) is 10.6 Å². The number of carbonyl (C=O) groups excluding carboxylic acids is 1. The molecule has 0 radical (unpaired) electrons. The summed E-state index contributed by atoms with van der Waals surface area (Å²) >= 11 is 0. The lowest BCUT2D eigenvalue weighted by Crippen LogP contribution is -2.67. The second kappa shape index (κ2) is 2.46. The molecule has 1 spiro atoms. The average molecular weight is 156 g/mol. The Bertz CT molecular complexity index is 163. The number of ether oxygens (including phenoxy) is 1. The zero-order chi connectivity index (χ0) is 7.73. The van der Waals surface area contributed by atoms with E-state index < -0.39 is 0 Å². The summed E-state index contributed by atoms with van der Waals surface area (Å²) in [6.07, 6.45) is 0.611. The number of rotatable bonds is 0. The van der Waals surface area contributed by atoms with E-state index in [1.54, 1.807) is 0 Å². The van der Waals surface area contributed by atoms with Crippen LogP contribution in [0.3, 0.4) is 0 Å². The fourth-order valence-corrected chi connectivity index (χ4v) is 1.57. The minimum absolute atomic E-state index is 0.0758. The van der Waals surface area contributed by atoms with Crippen LogP contribution in [0.4, 0.5) is 0 Å². The first-order valence-electron chi connectivity index (χ1n) is 3.90. The predicted octanol–water partition coefficient (Wildman–Crippen LogP) is -1.14. The van der Waals surface area contributed by atoms with Crippen molar-refractivity contribution < 1.29 is 9.53 Å². The molecule has 4 heteroatoms. The van der Waals surface area contributed by atoms with Gasteiger partial charge in [0.05, 0.1) is 25.2 Å². The van der Waals surface area contributed by atoms with Gasteiger partial charge in [0, 0.05) is 13.1 Å². The van der Waals surface area contributed by atoms with E-state index >= 15 is 0 Å². The predicted molar refractivity (Wildman–Crippen MR) is 39.2 cm³/mol. The molecule has 1 unspecified atom stereocenters. The Morgan fingerprint density at radius 1 is 1.55 bits per heavy atom. The Morgan fingerprint density at radius 2 is 2.36 bits per heavy atom. The lowest BCUT2D eigenvalue weighted by Gasteiger charge is -2.40. The highest BCUT2D eigenvalue weighted by Crippen LogP contribution is 2.20. The Kier molecular flexibility index (Phi) is 1.58. The third kappa shape index (κ3) is 1.23. The summed E-state index contributed by atoms with van der Waals surface area (Å²) in [5, 5.41) is 6.09.